The molecule has 0 radical (unpaired) electrons. The maximum absolute atomic E-state index is 9.22. The van der Waals surface area contributed by atoms with Gasteiger partial charge in [0.2, 0.25) is 0 Å². The number of benzene rings is 2. The summed E-state index contributed by atoms with van der Waals surface area (Å²) < 4.78 is 2.42. The van der Waals surface area contributed by atoms with Crippen LogP contribution in [0.25, 0.3) is 20.2 Å². The molecule has 1 heterocycles. The predicted octanol–water partition coefficient (Wildman–Crippen LogP) is 1.83. The molecular formula is C14H11BO2S. The lowest BCUT2D eigenvalue weighted by atomic mass is 9.80. The highest BCUT2D eigenvalue weighted by Crippen LogP contribution is 2.37. The third-order valence-corrected chi connectivity index (χ3v) is 4.89. The molecule has 0 saturated heterocycles. The van der Waals surface area contributed by atoms with Crippen LogP contribution in [-0.2, 0) is 12.8 Å². The number of hydrogen-bond acceptors (Lipinski definition) is 3. The van der Waals surface area contributed by atoms with Gasteiger partial charge in [0.15, 0.2) is 0 Å². The van der Waals surface area contributed by atoms with Gasteiger partial charge in [-0.05, 0) is 47.6 Å². The molecule has 3 aromatic rings. The molecule has 2 N–H and O–H groups in total. The maximum Gasteiger partial charge on any atom is 0.488 e. The number of thiophene rings is 1. The van der Waals surface area contributed by atoms with Gasteiger partial charge in [-0.2, -0.15) is 0 Å². The largest absolute Gasteiger partial charge is 0.488 e. The number of hydrogen-bond donors (Lipinski definition) is 2. The van der Waals surface area contributed by atoms with Gasteiger partial charge in [0.05, 0.1) is 0 Å². The van der Waals surface area contributed by atoms with Crippen LogP contribution in [-0.4, -0.2) is 17.2 Å². The van der Waals surface area contributed by atoms with Crippen LogP contribution >= 0.6 is 11.3 Å². The Hall–Kier alpha value is -1.36. The van der Waals surface area contributed by atoms with E-state index >= 15 is 0 Å². The highest BCUT2D eigenvalue weighted by Gasteiger charge is 2.17. The molecule has 1 aromatic heterocycles. The monoisotopic (exact) mass is 254 g/mol. The quantitative estimate of drug-likeness (QED) is 0.650. The van der Waals surface area contributed by atoms with Crippen molar-refractivity contribution in [3.63, 3.8) is 0 Å². The van der Waals surface area contributed by atoms with Gasteiger partial charge in [0, 0.05) is 20.2 Å². The van der Waals surface area contributed by atoms with Crippen LogP contribution < -0.4 is 5.46 Å². The van der Waals surface area contributed by atoms with E-state index in [2.05, 4.69) is 12.1 Å². The first-order chi connectivity index (χ1) is 8.72. The molecule has 0 unspecified atom stereocenters. The molecule has 0 atom stereocenters. The fraction of sp³-hybridized carbons (Fsp3) is 0.143. The Morgan fingerprint density at radius 1 is 0.889 bits per heavy atom. The molecule has 2 nitrogen and oxygen atoms in total. The first-order valence-corrected chi connectivity index (χ1v) is 6.88. The Morgan fingerprint density at radius 2 is 1.61 bits per heavy atom. The van der Waals surface area contributed by atoms with Crippen LogP contribution in [0.4, 0.5) is 0 Å². The smallest absolute Gasteiger partial charge is 0.423 e. The van der Waals surface area contributed by atoms with Gasteiger partial charge in [0.25, 0.3) is 0 Å². The van der Waals surface area contributed by atoms with E-state index in [1.54, 1.807) is 17.4 Å². The summed E-state index contributed by atoms with van der Waals surface area (Å²) in [7, 11) is -1.39. The molecule has 4 rings (SSSR count). The molecule has 2 aromatic carbocycles. The summed E-state index contributed by atoms with van der Waals surface area (Å²) in [5, 5.41) is 20.9. The van der Waals surface area contributed by atoms with Crippen LogP contribution in [0, 0.1) is 0 Å². The van der Waals surface area contributed by atoms with E-state index < -0.39 is 7.12 Å². The summed E-state index contributed by atoms with van der Waals surface area (Å²) in [5.74, 6) is 0. The first-order valence-electron chi connectivity index (χ1n) is 6.06. The van der Waals surface area contributed by atoms with Gasteiger partial charge in [-0.15, -0.1) is 11.3 Å². The lowest BCUT2D eigenvalue weighted by Crippen LogP contribution is -2.29. The molecule has 18 heavy (non-hydrogen) atoms. The summed E-state index contributed by atoms with van der Waals surface area (Å²) in [4.78, 5) is 0. The molecule has 1 aliphatic carbocycles. The Bertz CT molecular complexity index is 776. The molecule has 0 bridgehead atoms. The van der Waals surface area contributed by atoms with Crippen molar-refractivity contribution in [2.75, 3.05) is 0 Å². The van der Waals surface area contributed by atoms with Crippen LogP contribution in [0.15, 0.2) is 30.3 Å². The van der Waals surface area contributed by atoms with Crippen LogP contribution in [0.3, 0.4) is 0 Å². The average Bonchev–Trinajstić information content (AvgIpc) is 2.68. The van der Waals surface area contributed by atoms with Crippen molar-refractivity contribution >= 4 is 44.1 Å². The second kappa shape index (κ2) is 3.57. The molecule has 1 aliphatic rings. The summed E-state index contributed by atoms with van der Waals surface area (Å²) in [6, 6.07) is 10.2. The molecule has 0 fully saturated rings. The average molecular weight is 254 g/mol. The molecule has 4 heteroatoms. The Kier molecular flexibility index (Phi) is 2.10. The second-order valence-corrected chi connectivity index (χ2v) is 5.93. The zero-order valence-corrected chi connectivity index (χ0v) is 10.5. The fourth-order valence-corrected chi connectivity index (χ4v) is 3.84. The first kappa shape index (κ1) is 10.6. The van der Waals surface area contributed by atoms with Gasteiger partial charge in [0.1, 0.15) is 0 Å². The minimum atomic E-state index is -1.39. The standard InChI is InChI=1S/C14H11BO2S/c16-15(17)10-3-4-11-12-5-8-1-2-9(8)6-13(12)18-14(11)7-10/h3-7,16-17H,1-2H2. The highest BCUT2D eigenvalue weighted by molar-refractivity contribution is 7.25. The molecule has 88 valence electrons. The van der Waals surface area contributed by atoms with Crippen molar-refractivity contribution in [3.05, 3.63) is 41.5 Å². The zero-order valence-electron chi connectivity index (χ0n) is 9.68. The van der Waals surface area contributed by atoms with Gasteiger partial charge in [-0.1, -0.05) is 12.1 Å². The Morgan fingerprint density at radius 3 is 2.33 bits per heavy atom. The van der Waals surface area contributed by atoms with Crippen molar-refractivity contribution in [3.8, 4) is 0 Å². The van der Waals surface area contributed by atoms with E-state index in [9.17, 15) is 10.0 Å². The van der Waals surface area contributed by atoms with E-state index in [-0.39, 0.29) is 0 Å². The van der Waals surface area contributed by atoms with Gasteiger partial charge in [-0.3, -0.25) is 0 Å². The lowest BCUT2D eigenvalue weighted by molar-refractivity contribution is 0.426. The van der Waals surface area contributed by atoms with E-state index in [1.165, 1.54) is 39.4 Å². The third-order valence-electron chi connectivity index (χ3n) is 3.78. The molecule has 0 spiro atoms. The predicted molar refractivity (Wildman–Crippen MR) is 76.6 cm³/mol. The van der Waals surface area contributed by atoms with Gasteiger partial charge in [-0.25, -0.2) is 0 Å². The molecule has 0 saturated carbocycles. The summed E-state index contributed by atoms with van der Waals surface area (Å²) in [6.45, 7) is 0. The topological polar surface area (TPSA) is 40.5 Å². The zero-order chi connectivity index (χ0) is 12.3. The van der Waals surface area contributed by atoms with Crippen molar-refractivity contribution in [2.24, 2.45) is 0 Å². The summed E-state index contributed by atoms with van der Waals surface area (Å²) in [5.41, 5.74) is 3.49. The van der Waals surface area contributed by atoms with Crippen molar-refractivity contribution in [2.45, 2.75) is 12.8 Å². The minimum absolute atomic E-state index is 0.560. The molecular weight excluding hydrogens is 243 g/mol. The van der Waals surface area contributed by atoms with Gasteiger partial charge >= 0.3 is 7.12 Å². The molecule has 0 amide bonds. The van der Waals surface area contributed by atoms with E-state index in [4.69, 9.17) is 0 Å². The van der Waals surface area contributed by atoms with E-state index in [1.807, 2.05) is 12.1 Å². The summed E-state index contributed by atoms with van der Waals surface area (Å²) >= 11 is 1.73. The fourth-order valence-electron chi connectivity index (χ4n) is 2.64. The maximum atomic E-state index is 9.22. The number of aryl methyl sites for hydroxylation is 2. The normalized spacial score (nSPS) is 13.7. The SMILES string of the molecule is OB(O)c1ccc2c(c1)sc1cc3c(cc12)CC3. The third kappa shape index (κ3) is 1.37. The Balaban J connectivity index is 2.05. The van der Waals surface area contributed by atoms with Crippen LogP contribution in [0.5, 0.6) is 0 Å². The highest BCUT2D eigenvalue weighted by atomic mass is 32.1. The van der Waals surface area contributed by atoms with Crippen molar-refractivity contribution in [1.29, 1.82) is 0 Å². The van der Waals surface area contributed by atoms with E-state index in [0.29, 0.717) is 5.46 Å². The Labute approximate surface area is 109 Å². The van der Waals surface area contributed by atoms with Crippen LogP contribution in [0.1, 0.15) is 11.1 Å². The molecule has 0 aliphatic heterocycles. The van der Waals surface area contributed by atoms with Crippen molar-refractivity contribution < 1.29 is 10.0 Å². The minimum Gasteiger partial charge on any atom is -0.423 e. The number of rotatable bonds is 1. The summed E-state index contributed by atoms with van der Waals surface area (Å²) in [6.07, 6.45) is 2.39. The second-order valence-electron chi connectivity index (χ2n) is 4.85. The lowest BCUT2D eigenvalue weighted by Gasteiger charge is -2.18. The van der Waals surface area contributed by atoms with Gasteiger partial charge < -0.3 is 10.0 Å². The van der Waals surface area contributed by atoms with Crippen LogP contribution in [0.2, 0.25) is 0 Å². The number of fused-ring (bicyclic) bond motifs is 4. The van der Waals surface area contributed by atoms with Crippen molar-refractivity contribution in [1.82, 2.24) is 0 Å². The van der Waals surface area contributed by atoms with E-state index in [0.717, 1.165) is 4.70 Å².